The van der Waals surface area contributed by atoms with Crippen LogP contribution in [0.2, 0.25) is 0 Å². The Morgan fingerprint density at radius 1 is 1.12 bits per heavy atom. The van der Waals surface area contributed by atoms with E-state index >= 15 is 0 Å². The smallest absolute Gasteiger partial charge is 0.330 e. The number of nitrogens with zero attached hydrogens (tertiary/aromatic N) is 7. The molecule has 11 nitrogen and oxygen atoms in total. The van der Waals surface area contributed by atoms with Gasteiger partial charge in [-0.3, -0.25) is 13.8 Å². The standard InChI is InChI=1S/C23H29N7O4/c1-28-14-17(12-24-28)22-27-26-21(34-22)16-6-4-15(5-7-16)13-30-20-18(29(2)23(30)31)8-9-19(25-20)33-11-10-32-3/h8-9,12,14-16H,4-7,10-11,13H2,1-3H3. The number of fused-ring (bicyclic) bond motifs is 1. The molecule has 1 aliphatic rings. The van der Waals surface area contributed by atoms with Crippen molar-refractivity contribution in [3.8, 4) is 17.3 Å². The fourth-order valence-electron chi connectivity index (χ4n) is 4.63. The van der Waals surface area contributed by atoms with E-state index in [1.807, 2.05) is 19.3 Å². The third kappa shape index (κ3) is 4.35. The van der Waals surface area contributed by atoms with Crippen LogP contribution in [0.1, 0.15) is 37.5 Å². The summed E-state index contributed by atoms with van der Waals surface area (Å²) in [7, 11) is 5.26. The number of hydrogen-bond donors (Lipinski definition) is 0. The lowest BCUT2D eigenvalue weighted by molar-refractivity contribution is 0.144. The first-order valence-corrected chi connectivity index (χ1v) is 11.5. The predicted molar refractivity (Wildman–Crippen MR) is 124 cm³/mol. The third-order valence-electron chi connectivity index (χ3n) is 6.53. The molecule has 0 saturated heterocycles. The van der Waals surface area contributed by atoms with Crippen LogP contribution < -0.4 is 10.4 Å². The maximum absolute atomic E-state index is 12.9. The second-order valence-corrected chi connectivity index (χ2v) is 8.85. The van der Waals surface area contributed by atoms with Gasteiger partial charge in [0.15, 0.2) is 5.65 Å². The van der Waals surface area contributed by atoms with Gasteiger partial charge in [-0.25, -0.2) is 4.79 Å². The molecule has 11 heteroatoms. The Kier molecular flexibility index (Phi) is 6.18. The van der Waals surface area contributed by atoms with E-state index in [4.69, 9.17) is 13.9 Å². The number of hydrogen-bond acceptors (Lipinski definition) is 8. The van der Waals surface area contributed by atoms with Gasteiger partial charge in [0.25, 0.3) is 5.89 Å². The number of rotatable bonds is 8. The Morgan fingerprint density at radius 3 is 2.68 bits per heavy atom. The SMILES string of the molecule is COCCOc1ccc2c(n1)n(CC1CCC(c3nnc(-c4cnn(C)c4)o3)CC1)c(=O)n2C. The van der Waals surface area contributed by atoms with Crippen LogP contribution in [0.5, 0.6) is 5.88 Å². The van der Waals surface area contributed by atoms with Gasteiger partial charge in [0.05, 0.1) is 23.9 Å². The summed E-state index contributed by atoms with van der Waals surface area (Å²) in [5.41, 5.74) is 2.22. The van der Waals surface area contributed by atoms with Gasteiger partial charge in [0.2, 0.25) is 11.8 Å². The lowest BCUT2D eigenvalue weighted by Gasteiger charge is -2.26. The fraction of sp³-hybridized carbons (Fsp3) is 0.522. The van der Waals surface area contributed by atoms with Crippen LogP contribution >= 0.6 is 0 Å². The average Bonchev–Trinajstić information content (AvgIpc) is 3.56. The van der Waals surface area contributed by atoms with Crippen LogP contribution in [0.15, 0.2) is 33.7 Å². The van der Waals surface area contributed by atoms with Crippen LogP contribution in [0, 0.1) is 5.92 Å². The summed E-state index contributed by atoms with van der Waals surface area (Å²) in [6.07, 6.45) is 7.41. The highest BCUT2D eigenvalue weighted by Crippen LogP contribution is 2.36. The number of pyridine rings is 1. The largest absolute Gasteiger partial charge is 0.475 e. The highest BCUT2D eigenvalue weighted by Gasteiger charge is 2.28. The zero-order chi connectivity index (χ0) is 23.7. The van der Waals surface area contributed by atoms with Crippen LogP contribution in [-0.4, -0.2) is 54.4 Å². The molecule has 0 unspecified atom stereocenters. The second-order valence-electron chi connectivity index (χ2n) is 8.85. The van der Waals surface area contributed by atoms with Crippen molar-refractivity contribution in [2.24, 2.45) is 20.0 Å². The molecule has 0 aliphatic heterocycles. The van der Waals surface area contributed by atoms with Crippen molar-refractivity contribution in [3.63, 3.8) is 0 Å². The maximum Gasteiger partial charge on any atom is 0.330 e. The zero-order valence-corrected chi connectivity index (χ0v) is 19.7. The molecule has 0 radical (unpaired) electrons. The van der Waals surface area contributed by atoms with Crippen molar-refractivity contribution >= 4 is 11.2 Å². The van der Waals surface area contributed by atoms with Gasteiger partial charge in [0.1, 0.15) is 6.61 Å². The minimum absolute atomic E-state index is 0.0586. The minimum Gasteiger partial charge on any atom is -0.475 e. The van der Waals surface area contributed by atoms with Gasteiger partial charge in [0, 0.05) is 45.9 Å². The molecule has 1 aliphatic carbocycles. The zero-order valence-electron chi connectivity index (χ0n) is 19.7. The van der Waals surface area contributed by atoms with Crippen molar-refractivity contribution in [2.75, 3.05) is 20.3 Å². The molecule has 5 rings (SSSR count). The Bertz CT molecular complexity index is 1330. The molecule has 1 saturated carbocycles. The number of imidazole rings is 1. The van der Waals surface area contributed by atoms with Crippen LogP contribution in [0.3, 0.4) is 0 Å². The molecule has 4 heterocycles. The number of aromatic nitrogens is 7. The number of aryl methyl sites for hydroxylation is 2. The molecule has 0 atom stereocenters. The molecule has 0 N–H and O–H groups in total. The van der Waals surface area contributed by atoms with E-state index in [-0.39, 0.29) is 11.6 Å². The van der Waals surface area contributed by atoms with Gasteiger partial charge in [-0.2, -0.15) is 10.1 Å². The predicted octanol–water partition coefficient (Wildman–Crippen LogP) is 2.52. The van der Waals surface area contributed by atoms with Crippen molar-refractivity contribution < 1.29 is 13.9 Å². The second kappa shape index (κ2) is 9.41. The summed E-state index contributed by atoms with van der Waals surface area (Å²) in [5, 5.41) is 12.6. The highest BCUT2D eigenvalue weighted by atomic mass is 16.5. The molecule has 180 valence electrons. The molecule has 1 fully saturated rings. The highest BCUT2D eigenvalue weighted by molar-refractivity contribution is 5.72. The van der Waals surface area contributed by atoms with Crippen molar-refractivity contribution in [1.29, 1.82) is 0 Å². The first-order chi connectivity index (χ1) is 16.5. The maximum atomic E-state index is 12.9. The van der Waals surface area contributed by atoms with Gasteiger partial charge in [-0.05, 0) is 37.7 Å². The molecule has 0 amide bonds. The molecule has 34 heavy (non-hydrogen) atoms. The monoisotopic (exact) mass is 467 g/mol. The van der Waals surface area contributed by atoms with E-state index in [9.17, 15) is 4.79 Å². The van der Waals surface area contributed by atoms with E-state index in [1.54, 1.807) is 40.2 Å². The molecular formula is C23H29N7O4. The van der Waals surface area contributed by atoms with E-state index < -0.39 is 0 Å². The summed E-state index contributed by atoms with van der Waals surface area (Å²) >= 11 is 0. The topological polar surface area (TPSA) is 115 Å². The normalized spacial score (nSPS) is 18.6. The quantitative estimate of drug-likeness (QED) is 0.363. The van der Waals surface area contributed by atoms with Gasteiger partial charge in [-0.1, -0.05) is 0 Å². The van der Waals surface area contributed by atoms with Crippen molar-refractivity contribution in [3.05, 3.63) is 40.9 Å². The van der Waals surface area contributed by atoms with Gasteiger partial charge >= 0.3 is 5.69 Å². The molecular weight excluding hydrogens is 438 g/mol. The summed E-state index contributed by atoms with van der Waals surface area (Å²) < 4.78 is 21.8. The summed E-state index contributed by atoms with van der Waals surface area (Å²) in [6, 6.07) is 3.67. The fourth-order valence-corrected chi connectivity index (χ4v) is 4.63. The first-order valence-electron chi connectivity index (χ1n) is 11.5. The summed E-state index contributed by atoms with van der Waals surface area (Å²) in [6.45, 7) is 1.52. The van der Waals surface area contributed by atoms with Gasteiger partial charge in [-0.15, -0.1) is 10.2 Å². The summed E-state index contributed by atoms with van der Waals surface area (Å²) in [4.78, 5) is 17.6. The molecule has 4 aromatic rings. The van der Waals surface area contributed by atoms with Crippen LogP contribution in [-0.2, 0) is 25.4 Å². The van der Waals surface area contributed by atoms with Crippen LogP contribution in [0.4, 0.5) is 0 Å². The van der Waals surface area contributed by atoms with E-state index in [1.165, 1.54) is 0 Å². The summed E-state index contributed by atoms with van der Waals surface area (Å²) in [5.74, 6) is 2.28. The van der Waals surface area contributed by atoms with Crippen LogP contribution in [0.25, 0.3) is 22.6 Å². The van der Waals surface area contributed by atoms with E-state index in [2.05, 4.69) is 20.3 Å². The Hall–Kier alpha value is -3.47. The lowest BCUT2D eigenvalue weighted by Crippen LogP contribution is -2.27. The van der Waals surface area contributed by atoms with Crippen molar-refractivity contribution in [1.82, 2.24) is 34.1 Å². The van der Waals surface area contributed by atoms with Gasteiger partial charge < -0.3 is 13.9 Å². The Balaban J connectivity index is 1.27. The number of methoxy groups -OCH3 is 1. The third-order valence-corrected chi connectivity index (χ3v) is 6.53. The number of ether oxygens (including phenoxy) is 2. The average molecular weight is 468 g/mol. The van der Waals surface area contributed by atoms with E-state index in [0.29, 0.717) is 49.0 Å². The Labute approximate surface area is 196 Å². The molecule has 4 aromatic heterocycles. The van der Waals surface area contributed by atoms with E-state index in [0.717, 1.165) is 36.8 Å². The molecule has 0 aromatic carbocycles. The Morgan fingerprint density at radius 2 is 1.94 bits per heavy atom. The minimum atomic E-state index is -0.0586. The lowest BCUT2D eigenvalue weighted by atomic mass is 9.82. The molecule has 0 bridgehead atoms. The molecule has 0 spiro atoms. The first kappa shape index (κ1) is 22.3. The van der Waals surface area contributed by atoms with Crippen molar-refractivity contribution in [2.45, 2.75) is 38.1 Å².